The Morgan fingerprint density at radius 3 is 2.70 bits per heavy atom. The van der Waals surface area contributed by atoms with Crippen LogP contribution < -0.4 is 15.8 Å². The van der Waals surface area contributed by atoms with E-state index in [4.69, 9.17) is 15.7 Å². The number of nitrogens with zero attached hydrogens (tertiary/aromatic N) is 1. The molecule has 1 amide bonds. The maximum Gasteiger partial charge on any atom is 0.254 e. The molecule has 0 saturated heterocycles. The lowest BCUT2D eigenvalue weighted by atomic mass is 10.1. The van der Waals surface area contributed by atoms with E-state index in [1.807, 2.05) is 6.07 Å². The summed E-state index contributed by atoms with van der Waals surface area (Å²) in [6.07, 6.45) is 0. The molecule has 0 aromatic heterocycles. The summed E-state index contributed by atoms with van der Waals surface area (Å²) in [5, 5.41) is 11.6. The number of nitrogen functional groups attached to an aromatic ring is 1. The first kappa shape index (κ1) is 13.4. The quantitative estimate of drug-likeness (QED) is 0.835. The molecule has 0 fully saturated rings. The fourth-order valence-electron chi connectivity index (χ4n) is 1.71. The van der Waals surface area contributed by atoms with Crippen molar-refractivity contribution in [3.8, 4) is 17.6 Å². The summed E-state index contributed by atoms with van der Waals surface area (Å²) >= 11 is 0. The molecule has 0 heterocycles. The van der Waals surface area contributed by atoms with Crippen LogP contribution in [0, 0.1) is 11.3 Å². The van der Waals surface area contributed by atoms with Gasteiger partial charge in [-0.05, 0) is 24.3 Å². The van der Waals surface area contributed by atoms with Crippen LogP contribution in [0.4, 0.5) is 5.69 Å². The van der Waals surface area contributed by atoms with Gasteiger partial charge >= 0.3 is 0 Å². The molecule has 0 saturated carbocycles. The van der Waals surface area contributed by atoms with Crippen molar-refractivity contribution < 1.29 is 9.53 Å². The van der Waals surface area contributed by atoms with E-state index in [-0.39, 0.29) is 5.91 Å². The fraction of sp³-hybridized carbons (Fsp3) is 0.0667. The molecule has 2 rings (SSSR count). The molecule has 0 aliphatic rings. The van der Waals surface area contributed by atoms with Gasteiger partial charge in [-0.15, -0.1) is 0 Å². The van der Waals surface area contributed by atoms with Gasteiger partial charge in [0.25, 0.3) is 5.91 Å². The van der Waals surface area contributed by atoms with Crippen molar-refractivity contribution in [2.75, 3.05) is 12.8 Å². The number of hydrogen-bond acceptors (Lipinski definition) is 4. The van der Waals surface area contributed by atoms with Gasteiger partial charge in [-0.3, -0.25) is 4.79 Å². The van der Waals surface area contributed by atoms with Crippen LogP contribution in [0.2, 0.25) is 0 Å². The Bertz CT molecular complexity index is 690. The van der Waals surface area contributed by atoms with E-state index in [1.54, 1.807) is 42.5 Å². The van der Waals surface area contributed by atoms with Crippen LogP contribution in [0.25, 0.3) is 0 Å². The largest absolute Gasteiger partial charge is 0.455 e. The number of benzene rings is 2. The van der Waals surface area contributed by atoms with Crippen molar-refractivity contribution in [2.45, 2.75) is 0 Å². The summed E-state index contributed by atoms with van der Waals surface area (Å²) in [7, 11) is 1.53. The van der Waals surface area contributed by atoms with Gasteiger partial charge in [-0.2, -0.15) is 5.26 Å². The number of carbonyl (C=O) groups is 1. The summed E-state index contributed by atoms with van der Waals surface area (Å²) in [6.45, 7) is 0. The van der Waals surface area contributed by atoms with Crippen molar-refractivity contribution in [2.24, 2.45) is 0 Å². The zero-order valence-electron chi connectivity index (χ0n) is 10.9. The number of anilines is 1. The maximum absolute atomic E-state index is 11.8. The monoisotopic (exact) mass is 267 g/mol. The maximum atomic E-state index is 11.8. The van der Waals surface area contributed by atoms with Crippen LogP contribution in [0.1, 0.15) is 15.9 Å². The molecule has 0 aliphatic carbocycles. The minimum absolute atomic E-state index is 0.283. The number of nitriles is 1. The Labute approximate surface area is 116 Å². The van der Waals surface area contributed by atoms with Crippen LogP contribution in [0.3, 0.4) is 0 Å². The molecule has 5 heteroatoms. The Kier molecular flexibility index (Phi) is 3.87. The van der Waals surface area contributed by atoms with Crippen molar-refractivity contribution in [1.29, 1.82) is 5.26 Å². The molecule has 0 spiro atoms. The number of nitrogens with one attached hydrogen (secondary N) is 1. The van der Waals surface area contributed by atoms with Crippen LogP contribution >= 0.6 is 0 Å². The molecule has 5 nitrogen and oxygen atoms in total. The van der Waals surface area contributed by atoms with Gasteiger partial charge in [0.15, 0.2) is 0 Å². The Morgan fingerprint density at radius 2 is 2.00 bits per heavy atom. The summed E-state index contributed by atoms with van der Waals surface area (Å²) in [6, 6.07) is 13.6. The van der Waals surface area contributed by atoms with Gasteiger partial charge in [0.2, 0.25) is 0 Å². The summed E-state index contributed by atoms with van der Waals surface area (Å²) < 4.78 is 5.67. The number of hydrogen-bond donors (Lipinski definition) is 2. The number of carbonyl (C=O) groups excluding carboxylic acids is 1. The average Bonchev–Trinajstić information content (AvgIpc) is 2.47. The molecule has 20 heavy (non-hydrogen) atoms. The first-order valence-electron chi connectivity index (χ1n) is 5.94. The zero-order valence-corrected chi connectivity index (χ0v) is 10.9. The molecule has 100 valence electrons. The Hall–Kier alpha value is -3.00. The van der Waals surface area contributed by atoms with E-state index >= 15 is 0 Å². The van der Waals surface area contributed by atoms with E-state index in [1.165, 1.54) is 7.05 Å². The molecular formula is C15H13N3O2. The first-order chi connectivity index (χ1) is 9.65. The standard InChI is InChI=1S/C15H13N3O2/c1-18-15(19)12-7-6-11(17)8-14(12)20-13-5-3-2-4-10(13)9-16/h2-8H,17H2,1H3,(H,18,19). The number of amides is 1. The molecule has 0 bridgehead atoms. The predicted octanol–water partition coefficient (Wildman–Crippen LogP) is 2.29. The lowest BCUT2D eigenvalue weighted by molar-refractivity contribution is 0.0961. The molecule has 0 radical (unpaired) electrons. The van der Waals surface area contributed by atoms with Gasteiger partial charge in [0, 0.05) is 18.8 Å². The number of nitrogens with two attached hydrogens (primary N) is 1. The van der Waals surface area contributed by atoms with Crippen LogP contribution in [0.5, 0.6) is 11.5 Å². The predicted molar refractivity (Wildman–Crippen MR) is 75.5 cm³/mol. The van der Waals surface area contributed by atoms with E-state index in [9.17, 15) is 4.79 Å². The number of para-hydroxylation sites is 1. The third-order valence-electron chi connectivity index (χ3n) is 2.70. The van der Waals surface area contributed by atoms with Gasteiger partial charge in [0.05, 0.1) is 11.1 Å². The highest BCUT2D eigenvalue weighted by molar-refractivity contribution is 5.97. The van der Waals surface area contributed by atoms with E-state index in [0.29, 0.717) is 28.3 Å². The molecule has 0 unspecified atom stereocenters. The van der Waals surface area contributed by atoms with Crippen LogP contribution in [0.15, 0.2) is 42.5 Å². The number of rotatable bonds is 3. The third-order valence-corrected chi connectivity index (χ3v) is 2.70. The molecular weight excluding hydrogens is 254 g/mol. The zero-order chi connectivity index (χ0) is 14.5. The fourth-order valence-corrected chi connectivity index (χ4v) is 1.71. The lowest BCUT2D eigenvalue weighted by Crippen LogP contribution is -2.18. The van der Waals surface area contributed by atoms with Crippen molar-refractivity contribution in [1.82, 2.24) is 5.32 Å². The van der Waals surface area contributed by atoms with Crippen molar-refractivity contribution in [3.05, 3.63) is 53.6 Å². The van der Waals surface area contributed by atoms with Gasteiger partial charge in [-0.25, -0.2) is 0 Å². The normalized spacial score (nSPS) is 9.60. The molecule has 2 aromatic carbocycles. The Balaban J connectivity index is 2.45. The molecule has 2 aromatic rings. The topological polar surface area (TPSA) is 88.1 Å². The summed E-state index contributed by atoms with van der Waals surface area (Å²) in [5.74, 6) is 0.409. The Morgan fingerprint density at radius 1 is 1.25 bits per heavy atom. The molecule has 3 N–H and O–H groups in total. The van der Waals surface area contributed by atoms with Crippen LogP contribution in [-0.4, -0.2) is 13.0 Å². The van der Waals surface area contributed by atoms with E-state index in [0.717, 1.165) is 0 Å². The van der Waals surface area contributed by atoms with Crippen molar-refractivity contribution in [3.63, 3.8) is 0 Å². The van der Waals surface area contributed by atoms with Gasteiger partial charge < -0.3 is 15.8 Å². The second-order valence-electron chi connectivity index (χ2n) is 4.04. The van der Waals surface area contributed by atoms with Gasteiger partial charge in [-0.1, -0.05) is 12.1 Å². The van der Waals surface area contributed by atoms with E-state index < -0.39 is 0 Å². The smallest absolute Gasteiger partial charge is 0.254 e. The van der Waals surface area contributed by atoms with Gasteiger partial charge in [0.1, 0.15) is 17.6 Å². The number of ether oxygens (including phenoxy) is 1. The molecule has 0 aliphatic heterocycles. The first-order valence-corrected chi connectivity index (χ1v) is 5.94. The second-order valence-corrected chi connectivity index (χ2v) is 4.04. The van der Waals surface area contributed by atoms with Crippen molar-refractivity contribution >= 4 is 11.6 Å². The lowest BCUT2D eigenvalue weighted by Gasteiger charge is -2.12. The van der Waals surface area contributed by atoms with Crippen LogP contribution in [-0.2, 0) is 0 Å². The second kappa shape index (κ2) is 5.76. The highest BCUT2D eigenvalue weighted by atomic mass is 16.5. The minimum Gasteiger partial charge on any atom is -0.455 e. The average molecular weight is 267 g/mol. The summed E-state index contributed by atoms with van der Waals surface area (Å²) in [5.41, 5.74) is 6.93. The minimum atomic E-state index is -0.283. The van der Waals surface area contributed by atoms with E-state index in [2.05, 4.69) is 5.32 Å². The third kappa shape index (κ3) is 2.70. The molecule has 0 atom stereocenters. The SMILES string of the molecule is CNC(=O)c1ccc(N)cc1Oc1ccccc1C#N. The highest BCUT2D eigenvalue weighted by Gasteiger charge is 2.13. The summed E-state index contributed by atoms with van der Waals surface area (Å²) in [4.78, 5) is 11.8. The highest BCUT2D eigenvalue weighted by Crippen LogP contribution is 2.29.